The highest BCUT2D eigenvalue weighted by molar-refractivity contribution is 7.99. The first kappa shape index (κ1) is 18.8. The molecule has 0 aromatic rings. The molecule has 1 aliphatic rings. The molecular weight excluding hydrogens is 304 g/mol. The van der Waals surface area contributed by atoms with E-state index in [9.17, 15) is 14.4 Å². The Labute approximate surface area is 136 Å². The highest BCUT2D eigenvalue weighted by Crippen LogP contribution is 2.27. The molecule has 0 aromatic carbocycles. The smallest absolute Gasteiger partial charge is 0.323 e. The summed E-state index contributed by atoms with van der Waals surface area (Å²) in [5.74, 6) is -0.286. The number of hydrogen-bond donors (Lipinski definition) is 1. The number of carbonyl (C=O) groups is 3. The molecule has 0 spiro atoms. The number of thioether (sulfide) groups is 1. The van der Waals surface area contributed by atoms with Crippen LogP contribution in [0, 0.1) is 5.41 Å². The van der Waals surface area contributed by atoms with Crippen molar-refractivity contribution in [1.82, 2.24) is 9.80 Å². The Balaban J connectivity index is 2.81. The molecule has 6 nitrogen and oxygen atoms in total. The van der Waals surface area contributed by atoms with Crippen LogP contribution in [0.15, 0.2) is 0 Å². The Morgan fingerprint density at radius 3 is 2.45 bits per heavy atom. The molecule has 0 aromatic heterocycles. The summed E-state index contributed by atoms with van der Waals surface area (Å²) in [7, 11) is 0. The van der Waals surface area contributed by atoms with Gasteiger partial charge in [0.2, 0.25) is 11.8 Å². The fraction of sp³-hybridized carbons (Fsp3) is 0.800. The number of amides is 2. The summed E-state index contributed by atoms with van der Waals surface area (Å²) in [5.41, 5.74) is -0.137. The Bertz CT molecular complexity index is 434. The molecule has 1 unspecified atom stereocenters. The summed E-state index contributed by atoms with van der Waals surface area (Å²) < 4.78 is 0. The normalized spacial score (nSPS) is 18.4. The third kappa shape index (κ3) is 5.51. The number of rotatable bonds is 6. The molecule has 1 heterocycles. The summed E-state index contributed by atoms with van der Waals surface area (Å²) in [5, 5.41) is 8.95. The van der Waals surface area contributed by atoms with Crippen molar-refractivity contribution in [3.63, 3.8) is 0 Å². The Morgan fingerprint density at radius 2 is 1.95 bits per heavy atom. The third-order valence-electron chi connectivity index (χ3n) is 3.30. The predicted octanol–water partition coefficient (Wildman–Crippen LogP) is 1.65. The maximum Gasteiger partial charge on any atom is 0.323 e. The van der Waals surface area contributed by atoms with Crippen LogP contribution in [0.2, 0.25) is 0 Å². The van der Waals surface area contributed by atoms with Crippen LogP contribution >= 0.6 is 11.8 Å². The third-order valence-corrected chi connectivity index (χ3v) is 4.31. The molecule has 1 fully saturated rings. The first-order valence-corrected chi connectivity index (χ1v) is 8.69. The molecule has 1 rings (SSSR count). The Hall–Kier alpha value is -1.24. The van der Waals surface area contributed by atoms with Crippen molar-refractivity contribution in [3.05, 3.63) is 0 Å². The SMILES string of the molecule is CCCN(CC(=O)O)C(=O)C1CSCN1C(=O)CC(C)(C)C. The van der Waals surface area contributed by atoms with Gasteiger partial charge in [0, 0.05) is 18.7 Å². The topological polar surface area (TPSA) is 77.9 Å². The number of aliphatic carboxylic acids is 1. The lowest BCUT2D eigenvalue weighted by atomic mass is 9.91. The lowest BCUT2D eigenvalue weighted by Gasteiger charge is -2.30. The van der Waals surface area contributed by atoms with Crippen molar-refractivity contribution in [2.45, 2.75) is 46.6 Å². The van der Waals surface area contributed by atoms with Gasteiger partial charge in [-0.2, -0.15) is 0 Å². The van der Waals surface area contributed by atoms with Crippen LogP contribution in [0.3, 0.4) is 0 Å². The van der Waals surface area contributed by atoms with Gasteiger partial charge in [-0.3, -0.25) is 14.4 Å². The van der Waals surface area contributed by atoms with Crippen molar-refractivity contribution in [1.29, 1.82) is 0 Å². The van der Waals surface area contributed by atoms with Crippen molar-refractivity contribution < 1.29 is 19.5 Å². The molecule has 1 atom stereocenters. The van der Waals surface area contributed by atoms with E-state index in [4.69, 9.17) is 5.11 Å². The number of carbonyl (C=O) groups excluding carboxylic acids is 2. The van der Waals surface area contributed by atoms with Crippen molar-refractivity contribution in [2.24, 2.45) is 5.41 Å². The van der Waals surface area contributed by atoms with E-state index in [1.54, 1.807) is 4.90 Å². The van der Waals surface area contributed by atoms with E-state index in [2.05, 4.69) is 0 Å². The van der Waals surface area contributed by atoms with E-state index in [1.807, 2.05) is 27.7 Å². The molecule has 0 radical (unpaired) electrons. The zero-order valence-electron chi connectivity index (χ0n) is 13.8. The lowest BCUT2D eigenvalue weighted by molar-refractivity contribution is -0.149. The van der Waals surface area contributed by atoms with Gasteiger partial charge in [0.05, 0.1) is 5.88 Å². The number of carboxylic acids is 1. The molecule has 0 saturated carbocycles. The first-order chi connectivity index (χ1) is 10.2. The van der Waals surface area contributed by atoms with Gasteiger partial charge in [0.25, 0.3) is 0 Å². The quantitative estimate of drug-likeness (QED) is 0.801. The minimum absolute atomic E-state index is 0.0392. The number of nitrogens with zero attached hydrogens (tertiary/aromatic N) is 2. The molecule has 126 valence electrons. The van der Waals surface area contributed by atoms with Crippen LogP contribution in [0.1, 0.15) is 40.5 Å². The summed E-state index contributed by atoms with van der Waals surface area (Å²) in [6, 6.07) is -0.536. The highest BCUT2D eigenvalue weighted by Gasteiger charge is 2.38. The minimum Gasteiger partial charge on any atom is -0.480 e. The van der Waals surface area contributed by atoms with Crippen molar-refractivity contribution >= 4 is 29.5 Å². The van der Waals surface area contributed by atoms with E-state index in [-0.39, 0.29) is 23.8 Å². The zero-order chi connectivity index (χ0) is 16.9. The van der Waals surface area contributed by atoms with Crippen molar-refractivity contribution in [2.75, 3.05) is 24.7 Å². The standard InChI is InChI=1S/C15H26N2O4S/c1-5-6-16(8-13(19)20)14(21)11-9-22-10-17(11)12(18)7-15(2,3)4/h11H,5-10H2,1-4H3,(H,19,20). The molecule has 0 aliphatic carbocycles. The molecule has 1 saturated heterocycles. The average molecular weight is 330 g/mol. The van der Waals surface area contributed by atoms with Gasteiger partial charge in [-0.25, -0.2) is 0 Å². The molecule has 0 bridgehead atoms. The maximum absolute atomic E-state index is 12.6. The van der Waals surface area contributed by atoms with E-state index >= 15 is 0 Å². The molecular formula is C15H26N2O4S. The summed E-state index contributed by atoms with van der Waals surface area (Å²) in [6.45, 7) is 7.94. The molecule has 2 amide bonds. The van der Waals surface area contributed by atoms with Crippen LogP contribution in [0.4, 0.5) is 0 Å². The molecule has 1 aliphatic heterocycles. The molecule has 1 N–H and O–H groups in total. The summed E-state index contributed by atoms with van der Waals surface area (Å²) in [4.78, 5) is 38.9. The van der Waals surface area contributed by atoms with E-state index in [0.717, 1.165) is 0 Å². The van der Waals surface area contributed by atoms with Gasteiger partial charge in [-0.15, -0.1) is 11.8 Å². The highest BCUT2D eigenvalue weighted by atomic mass is 32.2. The number of carboxylic acid groups (broad SMARTS) is 1. The van der Waals surface area contributed by atoms with Gasteiger partial charge >= 0.3 is 5.97 Å². The largest absolute Gasteiger partial charge is 0.480 e. The average Bonchev–Trinajstić information content (AvgIpc) is 2.84. The summed E-state index contributed by atoms with van der Waals surface area (Å²) in [6.07, 6.45) is 1.07. The lowest BCUT2D eigenvalue weighted by Crippen LogP contribution is -2.50. The van der Waals surface area contributed by atoms with Crippen LogP contribution in [-0.4, -0.2) is 63.5 Å². The summed E-state index contributed by atoms with van der Waals surface area (Å²) >= 11 is 1.54. The first-order valence-electron chi connectivity index (χ1n) is 7.53. The van der Waals surface area contributed by atoms with Gasteiger partial charge in [0.15, 0.2) is 0 Å². The van der Waals surface area contributed by atoms with E-state index in [1.165, 1.54) is 16.7 Å². The number of hydrogen-bond acceptors (Lipinski definition) is 4. The van der Waals surface area contributed by atoms with Crippen LogP contribution < -0.4 is 0 Å². The van der Waals surface area contributed by atoms with E-state index < -0.39 is 12.0 Å². The monoisotopic (exact) mass is 330 g/mol. The second-order valence-electron chi connectivity index (χ2n) is 6.77. The van der Waals surface area contributed by atoms with Gasteiger partial charge in [-0.1, -0.05) is 27.7 Å². The van der Waals surface area contributed by atoms with E-state index in [0.29, 0.717) is 31.0 Å². The van der Waals surface area contributed by atoms with Crippen LogP contribution in [-0.2, 0) is 14.4 Å². The molecule has 7 heteroatoms. The fourth-order valence-electron chi connectivity index (χ4n) is 2.36. The van der Waals surface area contributed by atoms with Gasteiger partial charge in [-0.05, 0) is 11.8 Å². The second kappa shape index (κ2) is 7.85. The Morgan fingerprint density at radius 1 is 1.32 bits per heavy atom. The van der Waals surface area contributed by atoms with Crippen molar-refractivity contribution in [3.8, 4) is 0 Å². The minimum atomic E-state index is -1.03. The predicted molar refractivity (Wildman–Crippen MR) is 86.5 cm³/mol. The maximum atomic E-state index is 12.6. The van der Waals surface area contributed by atoms with Crippen LogP contribution in [0.25, 0.3) is 0 Å². The molecule has 22 heavy (non-hydrogen) atoms. The zero-order valence-corrected chi connectivity index (χ0v) is 14.6. The van der Waals surface area contributed by atoms with Gasteiger partial charge < -0.3 is 14.9 Å². The van der Waals surface area contributed by atoms with Crippen LogP contribution in [0.5, 0.6) is 0 Å². The Kier molecular flexibility index (Phi) is 6.71. The van der Waals surface area contributed by atoms with Gasteiger partial charge in [0.1, 0.15) is 12.6 Å². The second-order valence-corrected chi connectivity index (χ2v) is 7.77. The fourth-order valence-corrected chi connectivity index (χ4v) is 3.53.